The molecular formula is C14H31N3O. The fourth-order valence-corrected chi connectivity index (χ4v) is 2.90. The van der Waals surface area contributed by atoms with Crippen LogP contribution in [0.1, 0.15) is 32.1 Å². The van der Waals surface area contributed by atoms with Gasteiger partial charge in [-0.15, -0.1) is 0 Å². The van der Waals surface area contributed by atoms with Crippen LogP contribution in [0.15, 0.2) is 0 Å². The fourth-order valence-electron chi connectivity index (χ4n) is 2.90. The Morgan fingerprint density at radius 1 is 1.28 bits per heavy atom. The molecule has 0 bridgehead atoms. The van der Waals surface area contributed by atoms with Crippen LogP contribution in [0.2, 0.25) is 0 Å². The Balaban J connectivity index is 2.51. The van der Waals surface area contributed by atoms with Crippen molar-refractivity contribution in [2.75, 3.05) is 47.9 Å². The Morgan fingerprint density at radius 2 is 1.94 bits per heavy atom. The van der Waals surface area contributed by atoms with Crippen molar-refractivity contribution in [3.63, 3.8) is 0 Å². The molecular weight excluding hydrogens is 226 g/mol. The number of nitrogens with two attached hydrogens (primary N) is 1. The average Bonchev–Trinajstić information content (AvgIpc) is 2.28. The molecule has 0 amide bonds. The van der Waals surface area contributed by atoms with Crippen molar-refractivity contribution in [1.82, 2.24) is 9.80 Å². The van der Waals surface area contributed by atoms with E-state index in [1.165, 1.54) is 19.3 Å². The first-order valence-corrected chi connectivity index (χ1v) is 7.12. The number of ether oxygens (including phenoxy) is 1. The molecule has 2 N–H and O–H groups in total. The molecule has 1 fully saturated rings. The third kappa shape index (κ3) is 3.92. The number of hydrogen-bond acceptors (Lipinski definition) is 4. The molecule has 0 spiro atoms. The Morgan fingerprint density at radius 3 is 2.33 bits per heavy atom. The lowest BCUT2D eigenvalue weighted by Gasteiger charge is -2.50. The van der Waals surface area contributed by atoms with E-state index in [0.29, 0.717) is 11.6 Å². The van der Waals surface area contributed by atoms with Gasteiger partial charge in [-0.1, -0.05) is 0 Å². The van der Waals surface area contributed by atoms with Crippen LogP contribution in [0.3, 0.4) is 0 Å². The van der Waals surface area contributed by atoms with E-state index in [2.05, 4.69) is 30.9 Å². The second kappa shape index (κ2) is 7.43. The van der Waals surface area contributed by atoms with Crippen molar-refractivity contribution in [3.8, 4) is 0 Å². The van der Waals surface area contributed by atoms with E-state index in [9.17, 15) is 0 Å². The van der Waals surface area contributed by atoms with Crippen LogP contribution in [0.4, 0.5) is 0 Å². The van der Waals surface area contributed by atoms with E-state index in [4.69, 9.17) is 10.5 Å². The van der Waals surface area contributed by atoms with Gasteiger partial charge in [0.15, 0.2) is 0 Å². The number of rotatable bonds is 9. The van der Waals surface area contributed by atoms with Gasteiger partial charge < -0.3 is 15.4 Å². The van der Waals surface area contributed by atoms with Crippen LogP contribution in [-0.2, 0) is 4.74 Å². The Hall–Kier alpha value is -0.160. The first kappa shape index (κ1) is 15.9. The minimum atomic E-state index is 0.392. The van der Waals surface area contributed by atoms with Crippen molar-refractivity contribution in [2.24, 2.45) is 5.73 Å². The lowest BCUT2D eigenvalue weighted by Crippen LogP contribution is -2.58. The van der Waals surface area contributed by atoms with Crippen LogP contribution in [0, 0.1) is 0 Å². The van der Waals surface area contributed by atoms with E-state index in [0.717, 1.165) is 32.5 Å². The molecule has 0 heterocycles. The standard InChI is InChI=1S/C14H31N3O/c1-16(2)14(8-6-9-14)12-17(3)13(11-18-4)7-5-10-15/h13H,5-12,15H2,1-4H3. The summed E-state index contributed by atoms with van der Waals surface area (Å²) in [5, 5.41) is 0. The summed E-state index contributed by atoms with van der Waals surface area (Å²) in [6.07, 6.45) is 6.21. The second-order valence-corrected chi connectivity index (χ2v) is 5.93. The Kier molecular flexibility index (Phi) is 6.57. The molecule has 1 unspecified atom stereocenters. The summed E-state index contributed by atoms with van der Waals surface area (Å²) >= 11 is 0. The summed E-state index contributed by atoms with van der Waals surface area (Å²) < 4.78 is 5.35. The average molecular weight is 257 g/mol. The Bertz CT molecular complexity index is 229. The van der Waals surface area contributed by atoms with Gasteiger partial charge >= 0.3 is 0 Å². The minimum Gasteiger partial charge on any atom is -0.383 e. The zero-order valence-corrected chi connectivity index (χ0v) is 12.6. The highest BCUT2D eigenvalue weighted by Crippen LogP contribution is 2.37. The van der Waals surface area contributed by atoms with Gasteiger partial charge in [0.05, 0.1) is 6.61 Å². The third-order valence-electron chi connectivity index (χ3n) is 4.50. The molecule has 4 nitrogen and oxygen atoms in total. The predicted molar refractivity (Wildman–Crippen MR) is 76.9 cm³/mol. The molecule has 18 heavy (non-hydrogen) atoms. The minimum absolute atomic E-state index is 0.392. The third-order valence-corrected chi connectivity index (χ3v) is 4.50. The van der Waals surface area contributed by atoms with Crippen molar-refractivity contribution < 1.29 is 4.74 Å². The number of hydrogen-bond donors (Lipinski definition) is 1. The summed E-state index contributed by atoms with van der Waals surface area (Å²) in [6.45, 7) is 2.71. The van der Waals surface area contributed by atoms with Crippen LogP contribution in [0.25, 0.3) is 0 Å². The van der Waals surface area contributed by atoms with Crippen LogP contribution >= 0.6 is 0 Å². The number of likely N-dealkylation sites (N-methyl/N-ethyl adjacent to an activating group) is 2. The molecule has 1 aliphatic rings. The van der Waals surface area contributed by atoms with E-state index in [-0.39, 0.29) is 0 Å². The van der Waals surface area contributed by atoms with E-state index in [1.54, 1.807) is 7.11 Å². The number of methoxy groups -OCH3 is 1. The van der Waals surface area contributed by atoms with Crippen LogP contribution in [0.5, 0.6) is 0 Å². The highest BCUT2D eigenvalue weighted by atomic mass is 16.5. The van der Waals surface area contributed by atoms with Gasteiger partial charge in [-0.25, -0.2) is 0 Å². The summed E-state index contributed by atoms with van der Waals surface area (Å²) in [4.78, 5) is 4.87. The summed E-state index contributed by atoms with van der Waals surface area (Å²) in [7, 11) is 8.43. The van der Waals surface area contributed by atoms with Gasteiger partial charge in [-0.3, -0.25) is 4.90 Å². The van der Waals surface area contributed by atoms with Crippen molar-refractivity contribution in [2.45, 2.75) is 43.7 Å². The van der Waals surface area contributed by atoms with E-state index in [1.807, 2.05) is 0 Å². The van der Waals surface area contributed by atoms with Gasteiger partial charge in [0, 0.05) is 25.2 Å². The molecule has 0 aromatic rings. The maximum atomic E-state index is 5.62. The van der Waals surface area contributed by atoms with Gasteiger partial charge in [0.1, 0.15) is 0 Å². The van der Waals surface area contributed by atoms with Crippen molar-refractivity contribution in [3.05, 3.63) is 0 Å². The molecule has 0 aliphatic heterocycles. The first-order valence-electron chi connectivity index (χ1n) is 7.12. The summed E-state index contributed by atoms with van der Waals surface area (Å²) in [5.74, 6) is 0. The summed E-state index contributed by atoms with van der Waals surface area (Å²) in [6, 6.07) is 0.496. The van der Waals surface area contributed by atoms with Gasteiger partial charge in [-0.2, -0.15) is 0 Å². The van der Waals surface area contributed by atoms with Crippen LogP contribution < -0.4 is 5.73 Å². The fraction of sp³-hybridized carbons (Fsp3) is 1.00. The van der Waals surface area contributed by atoms with Crippen molar-refractivity contribution >= 4 is 0 Å². The van der Waals surface area contributed by atoms with Crippen LogP contribution in [-0.4, -0.2) is 69.3 Å². The van der Waals surface area contributed by atoms with E-state index >= 15 is 0 Å². The summed E-state index contributed by atoms with van der Waals surface area (Å²) in [5.41, 5.74) is 6.01. The largest absolute Gasteiger partial charge is 0.383 e. The van der Waals surface area contributed by atoms with Gasteiger partial charge in [-0.05, 0) is 59.8 Å². The second-order valence-electron chi connectivity index (χ2n) is 5.93. The molecule has 1 aliphatic carbocycles. The quantitative estimate of drug-likeness (QED) is 0.673. The number of nitrogens with zero attached hydrogens (tertiary/aromatic N) is 2. The maximum absolute atomic E-state index is 5.62. The zero-order chi connectivity index (χ0) is 13.6. The molecule has 0 radical (unpaired) electrons. The highest BCUT2D eigenvalue weighted by molar-refractivity contribution is 4.98. The predicted octanol–water partition coefficient (Wildman–Crippen LogP) is 1.16. The van der Waals surface area contributed by atoms with Crippen molar-refractivity contribution in [1.29, 1.82) is 0 Å². The molecule has 108 valence electrons. The van der Waals surface area contributed by atoms with Gasteiger partial charge in [0.25, 0.3) is 0 Å². The molecule has 1 saturated carbocycles. The molecule has 4 heteroatoms. The zero-order valence-electron chi connectivity index (χ0n) is 12.6. The lowest BCUT2D eigenvalue weighted by molar-refractivity contribution is 0.00148. The monoisotopic (exact) mass is 257 g/mol. The SMILES string of the molecule is COCC(CCCN)N(C)CC1(N(C)C)CCC1. The molecule has 1 atom stereocenters. The molecule has 1 rings (SSSR count). The van der Waals surface area contributed by atoms with Gasteiger partial charge in [0.2, 0.25) is 0 Å². The lowest BCUT2D eigenvalue weighted by atomic mass is 9.75. The highest BCUT2D eigenvalue weighted by Gasteiger charge is 2.40. The first-order chi connectivity index (χ1) is 8.55. The van der Waals surface area contributed by atoms with E-state index < -0.39 is 0 Å². The molecule has 0 aromatic carbocycles. The Labute approximate surface area is 112 Å². The topological polar surface area (TPSA) is 41.7 Å². The smallest absolute Gasteiger partial charge is 0.0617 e. The molecule has 0 saturated heterocycles. The molecule has 0 aromatic heterocycles. The normalized spacial score (nSPS) is 20.2. The maximum Gasteiger partial charge on any atom is 0.0617 e.